The van der Waals surface area contributed by atoms with E-state index in [1.165, 1.54) is 15.4 Å². The Labute approximate surface area is 209 Å². The summed E-state index contributed by atoms with van der Waals surface area (Å²) in [5.74, 6) is -10.3. The van der Waals surface area contributed by atoms with Gasteiger partial charge in [0.1, 0.15) is 11.5 Å². The number of halogens is 4. The highest BCUT2D eigenvalue weighted by Gasteiger charge is 2.61. The van der Waals surface area contributed by atoms with Crippen LogP contribution in [0.3, 0.4) is 0 Å². The van der Waals surface area contributed by atoms with Gasteiger partial charge in [0, 0.05) is 61.8 Å². The van der Waals surface area contributed by atoms with Gasteiger partial charge in [-0.05, 0) is 37.6 Å². The number of aryl methyl sites for hydroxylation is 1. The first-order chi connectivity index (χ1) is 17.4. The van der Waals surface area contributed by atoms with E-state index in [1.54, 1.807) is 44.3 Å². The molecule has 0 amide bonds. The number of nitrogens with one attached hydrogen (secondary N) is 1. The Morgan fingerprint density at radius 1 is 1.14 bits per heavy atom. The first-order valence-corrected chi connectivity index (χ1v) is 12.0. The van der Waals surface area contributed by atoms with Crippen molar-refractivity contribution < 1.29 is 27.5 Å². The lowest BCUT2D eigenvalue weighted by atomic mass is 9.72. The first kappa shape index (κ1) is 25.0. The van der Waals surface area contributed by atoms with Crippen LogP contribution in [0.4, 0.5) is 29.1 Å². The molecule has 1 saturated carbocycles. The fourth-order valence-corrected chi connectivity index (χ4v) is 5.55. The highest BCUT2D eigenvalue weighted by atomic mass is 19.3. The maximum atomic E-state index is 14.7. The minimum atomic E-state index is -3.21. The number of anilines is 2. The molecule has 0 spiro atoms. The fraction of sp³-hybridized carbons (Fsp3) is 0.423. The number of hydrogen-bond acceptors (Lipinski definition) is 5. The van der Waals surface area contributed by atoms with E-state index in [4.69, 9.17) is 0 Å². The second-order valence-electron chi connectivity index (χ2n) is 10.0. The van der Waals surface area contributed by atoms with Crippen LogP contribution in [0.15, 0.2) is 41.3 Å². The van der Waals surface area contributed by atoms with Crippen LogP contribution in [0, 0.1) is 25.7 Å². The molecule has 1 saturated heterocycles. The minimum absolute atomic E-state index is 0.0821. The first-order valence-electron chi connectivity index (χ1n) is 12.0. The molecule has 1 aliphatic heterocycles. The molecule has 0 radical (unpaired) electrons. The molecule has 3 aromatic rings. The molecule has 2 atom stereocenters. The third-order valence-electron chi connectivity index (χ3n) is 7.32. The van der Waals surface area contributed by atoms with E-state index in [0.29, 0.717) is 11.3 Å². The number of carboxylic acid groups (broad SMARTS) is 1. The summed E-state index contributed by atoms with van der Waals surface area (Å²) in [6.45, 7) is 2.84. The zero-order valence-electron chi connectivity index (χ0n) is 20.3. The predicted molar refractivity (Wildman–Crippen MR) is 130 cm³/mol. The molecule has 2 aromatic heterocycles. The minimum Gasteiger partial charge on any atom is -0.478 e. The Morgan fingerprint density at radius 2 is 1.78 bits per heavy atom. The molecule has 7 nitrogen and oxygen atoms in total. The number of carboxylic acids is 1. The summed E-state index contributed by atoms with van der Waals surface area (Å²) in [6, 6.07) is 8.20. The largest absolute Gasteiger partial charge is 0.478 e. The zero-order chi connectivity index (χ0) is 26.7. The number of hydrogen-bond donors (Lipinski definition) is 2. The number of aromatic nitrogens is 2. The van der Waals surface area contributed by atoms with Gasteiger partial charge in [0.15, 0.2) is 0 Å². The molecule has 2 fully saturated rings. The van der Waals surface area contributed by atoms with Gasteiger partial charge in [-0.3, -0.25) is 9.20 Å². The molecule has 196 valence electrons. The highest BCUT2D eigenvalue weighted by Crippen LogP contribution is 2.52. The molecule has 2 bridgehead atoms. The number of rotatable bonds is 5. The highest BCUT2D eigenvalue weighted by molar-refractivity contribution is 5.94. The SMILES string of the molecule is Cc1cc(CNc2ccccc2C(=O)O)c2nc(N3CC4CC(F)(F)CC(C3)C4(F)F)c(C)c(=O)n2c1. The van der Waals surface area contributed by atoms with Crippen molar-refractivity contribution in [1.82, 2.24) is 9.38 Å². The van der Waals surface area contributed by atoms with Gasteiger partial charge in [-0.25, -0.2) is 27.3 Å². The summed E-state index contributed by atoms with van der Waals surface area (Å²) in [5.41, 5.74) is 1.96. The van der Waals surface area contributed by atoms with Crippen LogP contribution >= 0.6 is 0 Å². The van der Waals surface area contributed by atoms with Gasteiger partial charge >= 0.3 is 5.97 Å². The quantitative estimate of drug-likeness (QED) is 0.475. The van der Waals surface area contributed by atoms with Crippen LogP contribution in [-0.2, 0) is 6.54 Å². The van der Waals surface area contributed by atoms with Gasteiger partial charge in [-0.15, -0.1) is 0 Å². The Hall–Kier alpha value is -3.63. The van der Waals surface area contributed by atoms with Crippen molar-refractivity contribution in [3.63, 3.8) is 0 Å². The molecule has 3 heterocycles. The number of pyridine rings is 1. The van der Waals surface area contributed by atoms with Crippen LogP contribution in [0.5, 0.6) is 0 Å². The van der Waals surface area contributed by atoms with Gasteiger partial charge in [-0.2, -0.15) is 0 Å². The maximum absolute atomic E-state index is 14.7. The van der Waals surface area contributed by atoms with Crippen molar-refractivity contribution in [2.24, 2.45) is 11.8 Å². The second kappa shape index (κ2) is 8.74. The molecule has 1 aliphatic carbocycles. The molecule has 2 unspecified atom stereocenters. The van der Waals surface area contributed by atoms with Crippen molar-refractivity contribution in [3.8, 4) is 0 Å². The smallest absolute Gasteiger partial charge is 0.337 e. The Bertz CT molecular complexity index is 1440. The van der Waals surface area contributed by atoms with E-state index in [0.717, 1.165) is 5.56 Å². The summed E-state index contributed by atoms with van der Waals surface area (Å²) >= 11 is 0. The molecule has 1 aromatic carbocycles. The van der Waals surface area contributed by atoms with E-state index in [9.17, 15) is 32.3 Å². The second-order valence-corrected chi connectivity index (χ2v) is 10.0. The number of aromatic carboxylic acids is 1. The van der Waals surface area contributed by atoms with Gasteiger partial charge in [0.25, 0.3) is 11.5 Å². The Balaban J connectivity index is 1.54. The Kier molecular flexibility index (Phi) is 5.91. The van der Waals surface area contributed by atoms with Crippen molar-refractivity contribution >= 4 is 23.1 Å². The van der Waals surface area contributed by atoms with Crippen molar-refractivity contribution in [1.29, 1.82) is 0 Å². The van der Waals surface area contributed by atoms with Crippen LogP contribution in [0.2, 0.25) is 0 Å². The summed E-state index contributed by atoms with van der Waals surface area (Å²) < 4.78 is 59.0. The van der Waals surface area contributed by atoms with E-state index >= 15 is 0 Å². The van der Waals surface area contributed by atoms with Crippen molar-refractivity contribution in [3.05, 3.63) is 69.1 Å². The van der Waals surface area contributed by atoms with Gasteiger partial charge in [0.2, 0.25) is 5.92 Å². The topological polar surface area (TPSA) is 86.9 Å². The molecule has 37 heavy (non-hydrogen) atoms. The molecule has 11 heteroatoms. The number of benzene rings is 1. The van der Waals surface area contributed by atoms with Crippen molar-refractivity contribution in [2.75, 3.05) is 23.3 Å². The normalized spacial score (nSPS) is 22.2. The van der Waals surface area contributed by atoms with Crippen LogP contribution in [0.25, 0.3) is 5.65 Å². The lowest BCUT2D eigenvalue weighted by Crippen LogP contribution is -2.60. The number of alkyl halides is 4. The van der Waals surface area contributed by atoms with Crippen molar-refractivity contribution in [2.45, 2.75) is 45.1 Å². The van der Waals surface area contributed by atoms with Crippen LogP contribution < -0.4 is 15.8 Å². The average Bonchev–Trinajstić information content (AvgIpc) is 2.81. The number of fused-ring (bicyclic) bond motifs is 3. The third kappa shape index (κ3) is 4.40. The predicted octanol–water partition coefficient (Wildman–Crippen LogP) is 4.74. The lowest BCUT2D eigenvalue weighted by Gasteiger charge is -2.49. The molecular weight excluding hydrogens is 492 g/mol. The summed E-state index contributed by atoms with van der Waals surface area (Å²) in [7, 11) is 0. The van der Waals surface area contributed by atoms with Crippen LogP contribution in [-0.4, -0.2) is 45.4 Å². The van der Waals surface area contributed by atoms with Gasteiger partial charge < -0.3 is 15.3 Å². The van der Waals surface area contributed by atoms with Gasteiger partial charge in [-0.1, -0.05) is 12.1 Å². The molecule has 2 aliphatic rings. The Morgan fingerprint density at radius 3 is 2.43 bits per heavy atom. The molecule has 5 rings (SSSR count). The lowest BCUT2D eigenvalue weighted by molar-refractivity contribution is -0.204. The fourth-order valence-electron chi connectivity index (χ4n) is 5.55. The molecule has 2 N–H and O–H groups in total. The number of carbonyl (C=O) groups is 1. The van der Waals surface area contributed by atoms with E-state index in [1.807, 2.05) is 0 Å². The summed E-state index contributed by atoms with van der Waals surface area (Å²) in [6.07, 6.45) is -0.193. The van der Waals surface area contributed by atoms with E-state index < -0.39 is 42.5 Å². The molecular formula is C26H26F4N4O3. The third-order valence-corrected chi connectivity index (χ3v) is 7.32. The maximum Gasteiger partial charge on any atom is 0.337 e. The van der Waals surface area contributed by atoms with Crippen LogP contribution in [0.1, 0.15) is 39.9 Å². The zero-order valence-corrected chi connectivity index (χ0v) is 20.3. The number of nitrogens with zero attached hydrogens (tertiary/aromatic N) is 3. The monoisotopic (exact) mass is 518 g/mol. The average molecular weight is 519 g/mol. The van der Waals surface area contributed by atoms with E-state index in [-0.39, 0.29) is 47.8 Å². The number of para-hydroxylation sites is 1. The summed E-state index contributed by atoms with van der Waals surface area (Å²) in [4.78, 5) is 31.1. The number of piperidine rings is 1. The summed E-state index contributed by atoms with van der Waals surface area (Å²) in [5, 5.41) is 12.5. The standard InChI is InChI=1S/C26H26F4N4O3/c1-14-7-16(10-31-20-6-4-3-5-19(20)24(36)37)22-32-21(15(2)23(35)34(22)11-14)33-12-17-8-25(27,28)9-18(13-33)26(17,29)30/h3-7,11,17-18,31H,8-10,12-13H2,1-2H3,(H,36,37). The van der Waals surface area contributed by atoms with Gasteiger partial charge in [0.05, 0.1) is 11.1 Å². The van der Waals surface area contributed by atoms with E-state index in [2.05, 4.69) is 10.3 Å².